The van der Waals surface area contributed by atoms with Crippen molar-refractivity contribution in [2.24, 2.45) is 11.8 Å². The number of rotatable bonds is 5. The first-order valence-electron chi connectivity index (χ1n) is 6.02. The van der Waals surface area contributed by atoms with Crippen LogP contribution in [-0.4, -0.2) is 23.1 Å². The van der Waals surface area contributed by atoms with Crippen LogP contribution in [0, 0.1) is 18.8 Å². The van der Waals surface area contributed by atoms with Gasteiger partial charge in [-0.05, 0) is 32.1 Å². The third-order valence-electron chi connectivity index (χ3n) is 3.02. The van der Waals surface area contributed by atoms with Gasteiger partial charge >= 0.3 is 0 Å². The molecule has 0 saturated heterocycles. The molecule has 1 saturated carbocycles. The van der Waals surface area contributed by atoms with Crippen LogP contribution in [0.1, 0.15) is 26.1 Å². The summed E-state index contributed by atoms with van der Waals surface area (Å²) in [7, 11) is 0. The van der Waals surface area contributed by atoms with Gasteiger partial charge < -0.3 is 10.6 Å². The van der Waals surface area contributed by atoms with Crippen molar-refractivity contribution in [3.8, 4) is 0 Å². The molecule has 0 amide bonds. The topological polar surface area (TPSA) is 49.8 Å². The molecule has 2 atom stereocenters. The zero-order valence-electron chi connectivity index (χ0n) is 10.2. The Morgan fingerprint density at radius 3 is 2.50 bits per heavy atom. The molecule has 1 aromatic rings. The standard InChI is InChI=1S/C12H20N4/c1-4-13-11-6-12(16-9(3)15-11)14-7-10-5-8(10)2/h6,8,10H,4-5,7H2,1-3H3,(H2,13,14,15,16). The van der Waals surface area contributed by atoms with Crippen molar-refractivity contribution in [2.45, 2.75) is 27.2 Å². The van der Waals surface area contributed by atoms with Gasteiger partial charge in [0, 0.05) is 19.2 Å². The molecule has 1 aromatic heterocycles. The van der Waals surface area contributed by atoms with Gasteiger partial charge in [-0.1, -0.05) is 6.92 Å². The number of hydrogen-bond donors (Lipinski definition) is 2. The zero-order valence-corrected chi connectivity index (χ0v) is 10.2. The molecule has 1 aliphatic carbocycles. The lowest BCUT2D eigenvalue weighted by atomic mass is 10.3. The Labute approximate surface area is 96.9 Å². The van der Waals surface area contributed by atoms with E-state index in [1.165, 1.54) is 6.42 Å². The molecule has 4 heteroatoms. The predicted octanol–water partition coefficient (Wildman–Crippen LogP) is 2.28. The van der Waals surface area contributed by atoms with E-state index in [-0.39, 0.29) is 0 Å². The van der Waals surface area contributed by atoms with Gasteiger partial charge in [-0.25, -0.2) is 9.97 Å². The van der Waals surface area contributed by atoms with E-state index in [2.05, 4.69) is 34.4 Å². The number of anilines is 2. The van der Waals surface area contributed by atoms with Gasteiger partial charge in [0.1, 0.15) is 17.5 Å². The van der Waals surface area contributed by atoms with Crippen LogP contribution >= 0.6 is 0 Å². The molecule has 2 unspecified atom stereocenters. The van der Waals surface area contributed by atoms with E-state index < -0.39 is 0 Å². The van der Waals surface area contributed by atoms with Crippen LogP contribution in [-0.2, 0) is 0 Å². The van der Waals surface area contributed by atoms with Crippen LogP contribution in [0.2, 0.25) is 0 Å². The van der Waals surface area contributed by atoms with Crippen molar-refractivity contribution in [3.63, 3.8) is 0 Å². The molecular formula is C12H20N4. The number of aryl methyl sites for hydroxylation is 1. The summed E-state index contributed by atoms with van der Waals surface area (Å²) in [6, 6.07) is 1.98. The second-order valence-electron chi connectivity index (χ2n) is 4.57. The Morgan fingerprint density at radius 1 is 1.31 bits per heavy atom. The smallest absolute Gasteiger partial charge is 0.131 e. The Morgan fingerprint density at radius 2 is 1.94 bits per heavy atom. The van der Waals surface area contributed by atoms with E-state index in [1.54, 1.807) is 0 Å². The van der Waals surface area contributed by atoms with Crippen LogP contribution < -0.4 is 10.6 Å². The lowest BCUT2D eigenvalue weighted by molar-refractivity contribution is 0.783. The fraction of sp³-hybridized carbons (Fsp3) is 0.667. The van der Waals surface area contributed by atoms with Crippen LogP contribution in [0.15, 0.2) is 6.07 Å². The van der Waals surface area contributed by atoms with Gasteiger partial charge in [0.05, 0.1) is 0 Å². The summed E-state index contributed by atoms with van der Waals surface area (Å²) < 4.78 is 0. The fourth-order valence-corrected chi connectivity index (χ4v) is 1.85. The van der Waals surface area contributed by atoms with E-state index in [1.807, 2.05) is 13.0 Å². The normalized spacial score (nSPS) is 22.9. The van der Waals surface area contributed by atoms with E-state index >= 15 is 0 Å². The highest BCUT2D eigenvalue weighted by Gasteiger charge is 2.31. The summed E-state index contributed by atoms with van der Waals surface area (Å²) in [5.74, 6) is 4.36. The minimum absolute atomic E-state index is 0.810. The highest BCUT2D eigenvalue weighted by Crippen LogP contribution is 2.37. The maximum atomic E-state index is 4.38. The van der Waals surface area contributed by atoms with E-state index in [4.69, 9.17) is 0 Å². The summed E-state index contributed by atoms with van der Waals surface area (Å²) >= 11 is 0. The average Bonchev–Trinajstić information content (AvgIpc) is 2.91. The highest BCUT2D eigenvalue weighted by molar-refractivity contribution is 5.47. The zero-order chi connectivity index (χ0) is 11.5. The second-order valence-corrected chi connectivity index (χ2v) is 4.57. The Kier molecular flexibility index (Phi) is 3.27. The molecule has 0 spiro atoms. The molecule has 1 heterocycles. The first kappa shape index (κ1) is 11.2. The number of nitrogens with one attached hydrogen (secondary N) is 2. The first-order valence-corrected chi connectivity index (χ1v) is 6.02. The monoisotopic (exact) mass is 220 g/mol. The van der Waals surface area contributed by atoms with E-state index in [0.29, 0.717) is 0 Å². The maximum absolute atomic E-state index is 4.38. The van der Waals surface area contributed by atoms with Crippen LogP contribution in [0.25, 0.3) is 0 Å². The fourth-order valence-electron chi connectivity index (χ4n) is 1.85. The lowest BCUT2D eigenvalue weighted by Gasteiger charge is -2.08. The van der Waals surface area contributed by atoms with Crippen LogP contribution in [0.5, 0.6) is 0 Å². The molecule has 4 nitrogen and oxygen atoms in total. The molecule has 0 aromatic carbocycles. The maximum Gasteiger partial charge on any atom is 0.131 e. The summed E-state index contributed by atoms with van der Waals surface area (Å²) in [5.41, 5.74) is 0. The number of hydrogen-bond acceptors (Lipinski definition) is 4. The third kappa shape index (κ3) is 2.84. The molecule has 0 aliphatic heterocycles. The second kappa shape index (κ2) is 4.68. The summed E-state index contributed by atoms with van der Waals surface area (Å²) in [6.45, 7) is 8.20. The van der Waals surface area contributed by atoms with E-state index in [0.717, 1.165) is 42.4 Å². The van der Waals surface area contributed by atoms with Crippen molar-refractivity contribution in [1.82, 2.24) is 9.97 Å². The first-order chi connectivity index (χ1) is 7.69. The quantitative estimate of drug-likeness (QED) is 0.799. The summed E-state index contributed by atoms with van der Waals surface area (Å²) in [6.07, 6.45) is 1.34. The molecule has 0 bridgehead atoms. The van der Waals surface area contributed by atoms with Crippen LogP contribution in [0.4, 0.5) is 11.6 Å². The van der Waals surface area contributed by atoms with Crippen molar-refractivity contribution < 1.29 is 0 Å². The van der Waals surface area contributed by atoms with Crippen molar-refractivity contribution >= 4 is 11.6 Å². The molecule has 88 valence electrons. The number of nitrogens with zero attached hydrogens (tertiary/aromatic N) is 2. The summed E-state index contributed by atoms with van der Waals surface area (Å²) in [4.78, 5) is 8.70. The van der Waals surface area contributed by atoms with Gasteiger partial charge in [-0.15, -0.1) is 0 Å². The Balaban J connectivity index is 1.96. The highest BCUT2D eigenvalue weighted by atomic mass is 15.1. The van der Waals surface area contributed by atoms with Gasteiger partial charge in [0.15, 0.2) is 0 Å². The molecule has 2 rings (SSSR count). The van der Waals surface area contributed by atoms with Crippen molar-refractivity contribution in [1.29, 1.82) is 0 Å². The minimum Gasteiger partial charge on any atom is -0.370 e. The van der Waals surface area contributed by atoms with Crippen molar-refractivity contribution in [3.05, 3.63) is 11.9 Å². The van der Waals surface area contributed by atoms with Gasteiger partial charge in [0.25, 0.3) is 0 Å². The Hall–Kier alpha value is -1.32. The van der Waals surface area contributed by atoms with Crippen molar-refractivity contribution in [2.75, 3.05) is 23.7 Å². The molecule has 16 heavy (non-hydrogen) atoms. The molecule has 1 aliphatic rings. The Bertz CT molecular complexity index is 364. The molecule has 1 fully saturated rings. The minimum atomic E-state index is 0.810. The van der Waals surface area contributed by atoms with Crippen LogP contribution in [0.3, 0.4) is 0 Å². The average molecular weight is 220 g/mol. The molecule has 2 N–H and O–H groups in total. The van der Waals surface area contributed by atoms with Gasteiger partial charge in [-0.3, -0.25) is 0 Å². The predicted molar refractivity (Wildman–Crippen MR) is 66.7 cm³/mol. The largest absolute Gasteiger partial charge is 0.370 e. The van der Waals surface area contributed by atoms with E-state index in [9.17, 15) is 0 Å². The SMILES string of the molecule is CCNc1cc(NCC2CC2C)nc(C)n1. The van der Waals surface area contributed by atoms with Gasteiger partial charge in [0.2, 0.25) is 0 Å². The third-order valence-corrected chi connectivity index (χ3v) is 3.02. The lowest BCUT2D eigenvalue weighted by Crippen LogP contribution is -2.09. The number of aromatic nitrogens is 2. The molecule has 0 radical (unpaired) electrons. The summed E-state index contributed by atoms with van der Waals surface area (Å²) in [5, 5.41) is 6.60. The molecular weight excluding hydrogens is 200 g/mol. The van der Waals surface area contributed by atoms with Gasteiger partial charge in [-0.2, -0.15) is 0 Å².